The number of thioether (sulfide) groups is 1. The topological polar surface area (TPSA) is 82.4 Å². The van der Waals surface area contributed by atoms with Crippen LogP contribution in [0.1, 0.15) is 11.1 Å². The SMILES string of the molecule is COc1ccc(CC2SC(=C(C#N)C(=O)Nc3ccccc3Cl)N(c3ccc(C)cc3)C2=O)cc1. The molecule has 1 aliphatic rings. The van der Waals surface area contributed by atoms with E-state index in [1.165, 1.54) is 16.7 Å². The number of para-hydroxylation sites is 1. The van der Waals surface area contributed by atoms with Crippen LogP contribution in [0.15, 0.2) is 83.4 Å². The van der Waals surface area contributed by atoms with Gasteiger partial charge in [-0.1, -0.05) is 65.3 Å². The summed E-state index contributed by atoms with van der Waals surface area (Å²) < 4.78 is 5.21. The second-order valence-electron chi connectivity index (χ2n) is 7.89. The van der Waals surface area contributed by atoms with Crippen molar-refractivity contribution in [3.63, 3.8) is 0 Å². The van der Waals surface area contributed by atoms with Gasteiger partial charge in [0.2, 0.25) is 5.91 Å². The molecule has 4 rings (SSSR count). The van der Waals surface area contributed by atoms with E-state index in [4.69, 9.17) is 16.3 Å². The van der Waals surface area contributed by atoms with Gasteiger partial charge in [-0.15, -0.1) is 0 Å². The number of methoxy groups -OCH3 is 1. The van der Waals surface area contributed by atoms with Crippen molar-refractivity contribution in [3.05, 3.63) is 99.5 Å². The Morgan fingerprint density at radius 1 is 1.11 bits per heavy atom. The lowest BCUT2D eigenvalue weighted by atomic mass is 10.1. The number of rotatable bonds is 6. The number of hydrogen-bond donors (Lipinski definition) is 1. The summed E-state index contributed by atoms with van der Waals surface area (Å²) in [5.41, 5.74) is 2.81. The average Bonchev–Trinajstić information content (AvgIpc) is 3.17. The fourth-order valence-electron chi connectivity index (χ4n) is 3.64. The lowest BCUT2D eigenvalue weighted by molar-refractivity contribution is -0.117. The molecule has 0 spiro atoms. The first kappa shape index (κ1) is 24.4. The summed E-state index contributed by atoms with van der Waals surface area (Å²) in [5, 5.41) is 12.8. The third-order valence-corrected chi connectivity index (χ3v) is 7.09. The van der Waals surface area contributed by atoms with Gasteiger partial charge >= 0.3 is 0 Å². The van der Waals surface area contributed by atoms with Gasteiger partial charge in [-0.2, -0.15) is 5.26 Å². The minimum Gasteiger partial charge on any atom is -0.497 e. The first-order chi connectivity index (χ1) is 16.9. The van der Waals surface area contributed by atoms with Crippen LogP contribution in [0.4, 0.5) is 11.4 Å². The van der Waals surface area contributed by atoms with Crippen LogP contribution in [-0.4, -0.2) is 24.2 Å². The van der Waals surface area contributed by atoms with E-state index in [0.717, 1.165) is 16.9 Å². The number of ether oxygens (including phenoxy) is 1. The molecule has 35 heavy (non-hydrogen) atoms. The van der Waals surface area contributed by atoms with E-state index >= 15 is 0 Å². The molecule has 1 N–H and O–H groups in total. The summed E-state index contributed by atoms with van der Waals surface area (Å²) in [4.78, 5) is 28.2. The van der Waals surface area contributed by atoms with Crippen molar-refractivity contribution in [1.82, 2.24) is 0 Å². The Morgan fingerprint density at radius 3 is 2.43 bits per heavy atom. The standard InChI is InChI=1S/C27H22ClN3O3S/c1-17-7-11-19(12-8-17)31-26(33)24(15-18-9-13-20(34-2)14-10-18)35-27(31)21(16-29)25(32)30-23-6-4-3-5-22(23)28/h3-14,24H,15H2,1-2H3,(H,30,32). The normalized spacial score (nSPS) is 16.6. The zero-order chi connectivity index (χ0) is 24.9. The highest BCUT2D eigenvalue weighted by Gasteiger charge is 2.40. The molecule has 1 unspecified atom stereocenters. The van der Waals surface area contributed by atoms with E-state index in [9.17, 15) is 14.9 Å². The maximum absolute atomic E-state index is 13.6. The molecule has 1 fully saturated rings. The highest BCUT2D eigenvalue weighted by molar-refractivity contribution is 8.05. The molecule has 176 valence electrons. The van der Waals surface area contributed by atoms with E-state index in [0.29, 0.717) is 27.8 Å². The molecule has 1 aliphatic heterocycles. The van der Waals surface area contributed by atoms with E-state index in [1.807, 2.05) is 61.5 Å². The highest BCUT2D eigenvalue weighted by Crippen LogP contribution is 2.42. The van der Waals surface area contributed by atoms with Crippen molar-refractivity contribution in [1.29, 1.82) is 5.26 Å². The number of hydrogen-bond acceptors (Lipinski definition) is 5. The van der Waals surface area contributed by atoms with Crippen molar-refractivity contribution in [2.45, 2.75) is 18.6 Å². The molecular formula is C27H22ClN3O3S. The van der Waals surface area contributed by atoms with Gasteiger partial charge in [0.05, 0.1) is 23.1 Å². The molecule has 0 radical (unpaired) electrons. The van der Waals surface area contributed by atoms with Crippen LogP contribution in [-0.2, 0) is 16.0 Å². The van der Waals surface area contributed by atoms with E-state index in [1.54, 1.807) is 31.4 Å². The number of halogens is 1. The molecule has 0 bridgehead atoms. The maximum atomic E-state index is 13.6. The second kappa shape index (κ2) is 10.7. The van der Waals surface area contributed by atoms with Crippen molar-refractivity contribution in [2.75, 3.05) is 17.3 Å². The summed E-state index contributed by atoms with van der Waals surface area (Å²) in [5.74, 6) is -0.0925. The predicted octanol–water partition coefficient (Wildman–Crippen LogP) is 5.72. The minimum atomic E-state index is -0.627. The Labute approximate surface area is 213 Å². The quantitative estimate of drug-likeness (QED) is 0.343. The van der Waals surface area contributed by atoms with Gasteiger partial charge in [-0.05, 0) is 55.3 Å². The summed E-state index contributed by atoms with van der Waals surface area (Å²) >= 11 is 7.40. The van der Waals surface area contributed by atoms with Crippen molar-refractivity contribution in [2.24, 2.45) is 0 Å². The summed E-state index contributed by atoms with van der Waals surface area (Å²) in [7, 11) is 1.60. The summed E-state index contributed by atoms with van der Waals surface area (Å²) in [6, 6.07) is 23.7. The molecular weight excluding hydrogens is 482 g/mol. The number of carbonyl (C=O) groups is 2. The van der Waals surface area contributed by atoms with Crippen molar-refractivity contribution < 1.29 is 14.3 Å². The number of nitrogens with one attached hydrogen (secondary N) is 1. The number of nitrogens with zero attached hydrogens (tertiary/aromatic N) is 2. The monoisotopic (exact) mass is 503 g/mol. The third-order valence-electron chi connectivity index (χ3n) is 5.50. The number of amides is 2. The zero-order valence-electron chi connectivity index (χ0n) is 19.1. The molecule has 1 heterocycles. The van der Waals surface area contributed by atoms with E-state index < -0.39 is 11.2 Å². The predicted molar refractivity (Wildman–Crippen MR) is 139 cm³/mol. The molecule has 8 heteroatoms. The van der Waals surface area contributed by atoms with Gasteiger partial charge in [0, 0.05) is 5.69 Å². The van der Waals surface area contributed by atoms with Gasteiger partial charge in [-0.25, -0.2) is 0 Å². The van der Waals surface area contributed by atoms with Crippen LogP contribution in [0.5, 0.6) is 5.75 Å². The number of carbonyl (C=O) groups excluding carboxylic acids is 2. The van der Waals surface area contributed by atoms with E-state index in [-0.39, 0.29) is 11.5 Å². The van der Waals surface area contributed by atoms with Crippen LogP contribution in [0.2, 0.25) is 5.02 Å². The minimum absolute atomic E-state index is 0.152. The first-order valence-electron chi connectivity index (χ1n) is 10.8. The third kappa shape index (κ3) is 5.35. The van der Waals surface area contributed by atoms with Crippen LogP contribution in [0, 0.1) is 18.3 Å². The molecule has 0 aliphatic carbocycles. The molecule has 1 atom stereocenters. The van der Waals surface area contributed by atoms with Crippen molar-refractivity contribution >= 4 is 46.6 Å². The first-order valence-corrected chi connectivity index (χ1v) is 12.1. The number of anilines is 2. The van der Waals surface area contributed by atoms with E-state index in [2.05, 4.69) is 5.32 Å². The maximum Gasteiger partial charge on any atom is 0.269 e. The molecule has 1 saturated heterocycles. The van der Waals surface area contributed by atoms with Gasteiger partial charge in [0.15, 0.2) is 0 Å². The lowest BCUT2D eigenvalue weighted by Gasteiger charge is -2.19. The van der Waals surface area contributed by atoms with Gasteiger partial charge in [0.1, 0.15) is 22.4 Å². The largest absolute Gasteiger partial charge is 0.497 e. The Kier molecular flexibility index (Phi) is 7.45. The van der Waals surface area contributed by atoms with Gasteiger partial charge in [-0.3, -0.25) is 14.5 Å². The van der Waals surface area contributed by atoms with Gasteiger partial charge in [0.25, 0.3) is 5.91 Å². The van der Waals surface area contributed by atoms with Gasteiger partial charge < -0.3 is 10.1 Å². The number of aryl methyl sites for hydroxylation is 1. The molecule has 3 aromatic rings. The fourth-order valence-corrected chi connectivity index (χ4v) is 5.13. The molecule has 6 nitrogen and oxygen atoms in total. The molecule has 0 aromatic heterocycles. The smallest absolute Gasteiger partial charge is 0.269 e. The van der Waals surface area contributed by atoms with Crippen LogP contribution in [0.3, 0.4) is 0 Å². The summed E-state index contributed by atoms with van der Waals surface area (Å²) in [6.07, 6.45) is 0.435. The number of nitriles is 1. The Bertz CT molecular complexity index is 1330. The zero-order valence-corrected chi connectivity index (χ0v) is 20.7. The Hall–Kier alpha value is -3.73. The highest BCUT2D eigenvalue weighted by atomic mass is 35.5. The molecule has 0 saturated carbocycles. The average molecular weight is 504 g/mol. The molecule has 3 aromatic carbocycles. The van der Waals surface area contributed by atoms with Crippen LogP contribution in [0.25, 0.3) is 0 Å². The Morgan fingerprint density at radius 2 is 1.80 bits per heavy atom. The fraction of sp³-hybridized carbons (Fsp3) is 0.148. The lowest BCUT2D eigenvalue weighted by Crippen LogP contribution is -2.30. The Balaban J connectivity index is 1.71. The van der Waals surface area contributed by atoms with Crippen LogP contribution < -0.4 is 15.0 Å². The van der Waals surface area contributed by atoms with Crippen molar-refractivity contribution in [3.8, 4) is 11.8 Å². The second-order valence-corrected chi connectivity index (χ2v) is 9.49. The molecule has 2 amide bonds. The summed E-state index contributed by atoms with van der Waals surface area (Å²) in [6.45, 7) is 1.95. The number of benzene rings is 3. The van der Waals surface area contributed by atoms with Crippen LogP contribution >= 0.6 is 23.4 Å².